The molecule has 9 heteroatoms. The monoisotopic (exact) mass is 402 g/mol. The Balaban J connectivity index is 1.53. The maximum atomic E-state index is 12.8. The molecule has 0 unspecified atom stereocenters. The number of anilines is 1. The molecule has 1 saturated heterocycles. The lowest BCUT2D eigenvalue weighted by Gasteiger charge is -2.36. The van der Waals surface area contributed by atoms with Crippen LogP contribution in [0.3, 0.4) is 0 Å². The molecule has 1 amide bonds. The summed E-state index contributed by atoms with van der Waals surface area (Å²) in [4.78, 5) is 31.8. The molecule has 3 rings (SSSR count). The van der Waals surface area contributed by atoms with Gasteiger partial charge >= 0.3 is 5.82 Å². The molecular weight excluding hydrogens is 380 g/mol. The first-order valence-corrected chi connectivity index (χ1v) is 9.81. The number of carbonyl (C=O) groups excluding carboxylic acids is 1. The quantitative estimate of drug-likeness (QED) is 0.417. The van der Waals surface area contributed by atoms with Crippen molar-refractivity contribution in [3.63, 3.8) is 0 Å². The van der Waals surface area contributed by atoms with Gasteiger partial charge in [0.15, 0.2) is 6.20 Å². The van der Waals surface area contributed by atoms with Crippen LogP contribution in [0.1, 0.15) is 6.92 Å². The molecule has 1 fully saturated rings. The topological polar surface area (TPSA) is 88.8 Å². The Morgan fingerprint density at radius 2 is 1.86 bits per heavy atom. The second kappa shape index (κ2) is 8.92. The molecule has 0 radical (unpaired) electrons. The van der Waals surface area contributed by atoms with Crippen LogP contribution in [-0.2, 0) is 4.79 Å². The summed E-state index contributed by atoms with van der Waals surface area (Å²) < 4.78 is 5.15. The van der Waals surface area contributed by atoms with Gasteiger partial charge in [-0.25, -0.2) is 0 Å². The van der Waals surface area contributed by atoms with Crippen molar-refractivity contribution in [1.82, 2.24) is 9.88 Å². The summed E-state index contributed by atoms with van der Waals surface area (Å²) in [5, 5.41) is 10.5. The highest BCUT2D eigenvalue weighted by atomic mass is 32.2. The molecule has 0 bridgehead atoms. The van der Waals surface area contributed by atoms with Gasteiger partial charge in [-0.15, -0.1) is 11.8 Å². The van der Waals surface area contributed by atoms with E-state index in [-0.39, 0.29) is 17.0 Å². The molecule has 0 N–H and O–H groups in total. The lowest BCUT2D eigenvalue weighted by Crippen LogP contribution is -2.50. The van der Waals surface area contributed by atoms with Gasteiger partial charge in [-0.2, -0.15) is 0 Å². The fraction of sp³-hybridized carbons (Fsp3) is 0.368. The van der Waals surface area contributed by atoms with Crippen molar-refractivity contribution in [2.45, 2.75) is 17.1 Å². The van der Waals surface area contributed by atoms with E-state index in [0.29, 0.717) is 26.2 Å². The largest absolute Gasteiger partial charge is 0.497 e. The van der Waals surface area contributed by atoms with E-state index in [1.165, 1.54) is 24.0 Å². The summed E-state index contributed by atoms with van der Waals surface area (Å²) in [6.45, 7) is 4.49. The van der Waals surface area contributed by atoms with E-state index < -0.39 is 4.92 Å². The predicted molar refractivity (Wildman–Crippen MR) is 108 cm³/mol. The van der Waals surface area contributed by atoms with Gasteiger partial charge in [-0.1, -0.05) is 0 Å². The number of benzene rings is 1. The van der Waals surface area contributed by atoms with Crippen LogP contribution in [-0.4, -0.2) is 59.3 Å². The van der Waals surface area contributed by atoms with Crippen LogP contribution >= 0.6 is 11.8 Å². The van der Waals surface area contributed by atoms with Gasteiger partial charge in [0.25, 0.3) is 0 Å². The van der Waals surface area contributed by atoms with E-state index in [0.717, 1.165) is 16.3 Å². The smallest absolute Gasteiger partial charge is 0.363 e. The number of hydrogen-bond donors (Lipinski definition) is 0. The van der Waals surface area contributed by atoms with Crippen molar-refractivity contribution >= 4 is 29.2 Å². The molecule has 148 valence electrons. The number of carbonyl (C=O) groups is 1. The molecule has 8 nitrogen and oxygen atoms in total. The second-order valence-electron chi connectivity index (χ2n) is 6.38. The van der Waals surface area contributed by atoms with Crippen molar-refractivity contribution in [2.24, 2.45) is 0 Å². The van der Waals surface area contributed by atoms with Gasteiger partial charge in [0.2, 0.25) is 5.91 Å². The summed E-state index contributed by atoms with van der Waals surface area (Å²) in [5.41, 5.74) is 0.832. The van der Waals surface area contributed by atoms with Gasteiger partial charge in [0.05, 0.1) is 18.0 Å². The van der Waals surface area contributed by atoms with Crippen molar-refractivity contribution < 1.29 is 14.5 Å². The van der Waals surface area contributed by atoms with Crippen LogP contribution < -0.4 is 9.64 Å². The third kappa shape index (κ3) is 4.72. The summed E-state index contributed by atoms with van der Waals surface area (Å²) >= 11 is 1.53. The van der Waals surface area contributed by atoms with Gasteiger partial charge in [-0.3, -0.25) is 4.79 Å². The minimum absolute atomic E-state index is 0.113. The summed E-state index contributed by atoms with van der Waals surface area (Å²) in [7, 11) is 1.63. The molecule has 2 heterocycles. The number of hydrogen-bond acceptors (Lipinski definition) is 7. The minimum Gasteiger partial charge on any atom is -0.497 e. The standard InChI is InChI=1S/C19H22N4O4S/c1-14(28-17-6-4-16(27-2)5-7-17)19(24)22-11-9-21(10-12-22)15-3-8-18(20-13-15)23(25)26/h3-8,13-14H,9-12H2,1-2H3/t14-/m1/s1. The zero-order chi connectivity index (χ0) is 20.1. The lowest BCUT2D eigenvalue weighted by atomic mass is 10.2. The molecule has 1 aromatic heterocycles. The van der Waals surface area contributed by atoms with Crippen molar-refractivity contribution in [3.8, 4) is 5.75 Å². The zero-order valence-corrected chi connectivity index (χ0v) is 16.6. The third-order valence-electron chi connectivity index (χ3n) is 4.60. The molecule has 0 spiro atoms. The molecule has 28 heavy (non-hydrogen) atoms. The van der Waals surface area contributed by atoms with Crippen molar-refractivity contribution in [3.05, 3.63) is 52.7 Å². The van der Waals surface area contributed by atoms with Crippen molar-refractivity contribution in [1.29, 1.82) is 0 Å². The number of rotatable bonds is 6. The SMILES string of the molecule is COc1ccc(S[C@H](C)C(=O)N2CCN(c3ccc([N+](=O)[O-])nc3)CC2)cc1. The Morgan fingerprint density at radius 3 is 2.39 bits per heavy atom. The molecule has 2 aromatic rings. The number of aromatic nitrogens is 1. The van der Waals surface area contributed by atoms with Crippen LogP contribution in [0.25, 0.3) is 0 Å². The fourth-order valence-electron chi connectivity index (χ4n) is 3.02. The third-order valence-corrected chi connectivity index (χ3v) is 5.70. The molecule has 0 saturated carbocycles. The predicted octanol–water partition coefficient (Wildman–Crippen LogP) is 2.83. The average molecular weight is 402 g/mol. The Morgan fingerprint density at radius 1 is 1.18 bits per heavy atom. The highest BCUT2D eigenvalue weighted by Gasteiger charge is 2.26. The van der Waals surface area contributed by atoms with Crippen LogP contribution in [0.5, 0.6) is 5.75 Å². The van der Waals surface area contributed by atoms with E-state index in [2.05, 4.69) is 9.88 Å². The summed E-state index contributed by atoms with van der Waals surface area (Å²) in [6, 6.07) is 10.8. The highest BCUT2D eigenvalue weighted by molar-refractivity contribution is 8.00. The van der Waals surface area contributed by atoms with Crippen LogP contribution in [0, 0.1) is 10.1 Å². The van der Waals surface area contributed by atoms with Gasteiger partial charge in [0.1, 0.15) is 5.75 Å². The first-order chi connectivity index (χ1) is 13.5. The number of thioether (sulfide) groups is 1. The van der Waals surface area contributed by atoms with Crippen LogP contribution in [0.4, 0.5) is 11.5 Å². The Labute approximate surface area is 167 Å². The van der Waals surface area contributed by atoms with Gasteiger partial charge < -0.3 is 24.7 Å². The fourth-order valence-corrected chi connectivity index (χ4v) is 3.98. The summed E-state index contributed by atoms with van der Waals surface area (Å²) in [6.07, 6.45) is 1.51. The first-order valence-electron chi connectivity index (χ1n) is 8.93. The van der Waals surface area contributed by atoms with Crippen LogP contribution in [0.2, 0.25) is 0 Å². The number of nitro groups is 1. The first kappa shape index (κ1) is 19.9. The van der Waals surface area contributed by atoms with Gasteiger partial charge in [0, 0.05) is 37.1 Å². The highest BCUT2D eigenvalue weighted by Crippen LogP contribution is 2.27. The van der Waals surface area contributed by atoms with Crippen LogP contribution in [0.15, 0.2) is 47.5 Å². The number of piperazine rings is 1. The minimum atomic E-state index is -0.512. The Kier molecular flexibility index (Phi) is 6.35. The summed E-state index contributed by atoms with van der Waals surface area (Å²) in [5.74, 6) is 0.740. The van der Waals surface area contributed by atoms with E-state index in [1.807, 2.05) is 36.1 Å². The molecule has 1 aliphatic heterocycles. The number of methoxy groups -OCH3 is 1. The molecular formula is C19H22N4O4S. The normalized spacial score (nSPS) is 15.2. The number of nitrogens with zero attached hydrogens (tertiary/aromatic N) is 4. The maximum absolute atomic E-state index is 12.8. The van der Waals surface area contributed by atoms with E-state index in [4.69, 9.17) is 4.74 Å². The lowest BCUT2D eigenvalue weighted by molar-refractivity contribution is -0.389. The zero-order valence-electron chi connectivity index (χ0n) is 15.8. The van der Waals surface area contributed by atoms with Gasteiger partial charge in [-0.05, 0) is 47.2 Å². The molecule has 0 aliphatic carbocycles. The number of pyridine rings is 1. The Hall–Kier alpha value is -2.81. The van der Waals surface area contributed by atoms with E-state index in [1.54, 1.807) is 13.2 Å². The molecule has 1 atom stereocenters. The second-order valence-corrected chi connectivity index (χ2v) is 7.79. The van der Waals surface area contributed by atoms with E-state index in [9.17, 15) is 14.9 Å². The van der Waals surface area contributed by atoms with Crippen molar-refractivity contribution in [2.75, 3.05) is 38.2 Å². The maximum Gasteiger partial charge on any atom is 0.363 e. The number of ether oxygens (including phenoxy) is 1. The molecule has 1 aromatic carbocycles. The van der Waals surface area contributed by atoms with E-state index >= 15 is 0 Å². The average Bonchev–Trinajstić information content (AvgIpc) is 2.74. The number of amides is 1. The molecule has 1 aliphatic rings. The Bertz CT molecular complexity index is 821.